The Morgan fingerprint density at radius 2 is 2.00 bits per heavy atom. The fraction of sp³-hybridized carbons (Fsp3) is 0.632. The number of ether oxygens (including phenoxy) is 3. The highest BCUT2D eigenvalue weighted by molar-refractivity contribution is 14.0. The van der Waals surface area contributed by atoms with Gasteiger partial charge >= 0.3 is 6.61 Å². The largest absolute Gasteiger partial charge is 0.497 e. The summed E-state index contributed by atoms with van der Waals surface area (Å²) < 4.78 is 40.4. The van der Waals surface area contributed by atoms with Crippen LogP contribution in [0.25, 0.3) is 0 Å². The smallest absolute Gasteiger partial charge is 0.387 e. The lowest BCUT2D eigenvalue weighted by atomic mass is 10.1. The normalized spacial score (nSPS) is 16.1. The molecule has 0 bridgehead atoms. The molecule has 1 unspecified atom stereocenters. The highest BCUT2D eigenvalue weighted by Gasteiger charge is 2.15. The highest BCUT2D eigenvalue weighted by Crippen LogP contribution is 2.25. The minimum Gasteiger partial charge on any atom is -0.497 e. The van der Waals surface area contributed by atoms with Gasteiger partial charge in [-0.25, -0.2) is 0 Å². The molecule has 166 valence electrons. The van der Waals surface area contributed by atoms with Gasteiger partial charge in [0.15, 0.2) is 5.96 Å². The monoisotopic (exact) mass is 528 g/mol. The van der Waals surface area contributed by atoms with Crippen molar-refractivity contribution in [1.29, 1.82) is 0 Å². The summed E-state index contributed by atoms with van der Waals surface area (Å²) in [5.74, 6) is 1.70. The van der Waals surface area contributed by atoms with Crippen molar-refractivity contribution in [2.45, 2.75) is 20.1 Å². The van der Waals surface area contributed by atoms with Crippen LogP contribution in [0.4, 0.5) is 8.78 Å². The number of nitrogens with zero attached hydrogens (tertiary/aromatic N) is 2. The van der Waals surface area contributed by atoms with Crippen LogP contribution >= 0.6 is 24.0 Å². The number of morpholine rings is 1. The standard InChI is InChI=1S/C19H30F2N4O3.HI/c1-14(13-25-6-8-27-9-7-25)11-23-19(22-2)24-12-15-10-16(26-3)4-5-17(15)28-18(20)21;/h4-5,10,14,18H,6-9,11-13H2,1-3H3,(H2,22,23,24);1H. The molecule has 0 aromatic heterocycles. The molecule has 10 heteroatoms. The molecule has 1 aliphatic rings. The zero-order valence-electron chi connectivity index (χ0n) is 17.1. The van der Waals surface area contributed by atoms with Gasteiger partial charge < -0.3 is 24.8 Å². The van der Waals surface area contributed by atoms with Crippen LogP contribution in [0.3, 0.4) is 0 Å². The lowest BCUT2D eigenvalue weighted by Gasteiger charge is -2.29. The van der Waals surface area contributed by atoms with E-state index in [0.29, 0.717) is 23.2 Å². The van der Waals surface area contributed by atoms with Gasteiger partial charge in [0.25, 0.3) is 0 Å². The molecule has 1 saturated heterocycles. The molecule has 1 heterocycles. The zero-order valence-corrected chi connectivity index (χ0v) is 19.5. The van der Waals surface area contributed by atoms with E-state index in [1.165, 1.54) is 13.2 Å². The van der Waals surface area contributed by atoms with E-state index in [1.54, 1.807) is 19.2 Å². The van der Waals surface area contributed by atoms with Crippen LogP contribution in [0.2, 0.25) is 0 Å². The summed E-state index contributed by atoms with van der Waals surface area (Å²) in [6, 6.07) is 4.73. The minimum absolute atomic E-state index is 0. The molecular weight excluding hydrogens is 497 g/mol. The van der Waals surface area contributed by atoms with Crippen molar-refractivity contribution in [3.63, 3.8) is 0 Å². The maximum atomic E-state index is 12.6. The van der Waals surface area contributed by atoms with Crippen LogP contribution in [0.5, 0.6) is 11.5 Å². The molecule has 1 atom stereocenters. The SMILES string of the molecule is CN=C(NCc1cc(OC)ccc1OC(F)F)NCC(C)CN1CCOCC1.I. The zero-order chi connectivity index (χ0) is 20.4. The van der Waals surface area contributed by atoms with Gasteiger partial charge in [0.2, 0.25) is 0 Å². The fourth-order valence-corrected chi connectivity index (χ4v) is 2.99. The number of benzene rings is 1. The first-order chi connectivity index (χ1) is 13.5. The van der Waals surface area contributed by atoms with Crippen molar-refractivity contribution in [3.8, 4) is 11.5 Å². The van der Waals surface area contributed by atoms with Gasteiger partial charge in [0.05, 0.1) is 20.3 Å². The highest BCUT2D eigenvalue weighted by atomic mass is 127. The summed E-state index contributed by atoms with van der Waals surface area (Å²) in [5, 5.41) is 6.41. The maximum absolute atomic E-state index is 12.6. The van der Waals surface area contributed by atoms with Gasteiger partial charge in [0.1, 0.15) is 11.5 Å². The molecule has 2 rings (SSSR count). The quantitative estimate of drug-likeness (QED) is 0.292. The third-order valence-electron chi connectivity index (χ3n) is 4.45. The number of rotatable bonds is 9. The van der Waals surface area contributed by atoms with Crippen molar-refractivity contribution in [2.24, 2.45) is 10.9 Å². The fourth-order valence-electron chi connectivity index (χ4n) is 2.99. The second kappa shape index (κ2) is 13.8. The molecule has 1 aromatic rings. The van der Waals surface area contributed by atoms with Crippen LogP contribution in [0.15, 0.2) is 23.2 Å². The first-order valence-electron chi connectivity index (χ1n) is 9.38. The van der Waals surface area contributed by atoms with E-state index >= 15 is 0 Å². The van der Waals surface area contributed by atoms with E-state index in [1.807, 2.05) is 0 Å². The Hall–Kier alpha value is -1.40. The Kier molecular flexibility index (Phi) is 12.2. The average molecular weight is 528 g/mol. The van der Waals surface area contributed by atoms with Crippen LogP contribution < -0.4 is 20.1 Å². The molecular formula is C19H31F2IN4O3. The van der Waals surface area contributed by atoms with E-state index in [-0.39, 0.29) is 36.3 Å². The second-order valence-corrected chi connectivity index (χ2v) is 6.68. The number of nitrogens with one attached hydrogen (secondary N) is 2. The second-order valence-electron chi connectivity index (χ2n) is 6.68. The average Bonchev–Trinajstić information content (AvgIpc) is 2.69. The first kappa shape index (κ1) is 25.6. The summed E-state index contributed by atoms with van der Waals surface area (Å²) in [7, 11) is 3.20. The molecule has 0 saturated carbocycles. The van der Waals surface area contributed by atoms with Gasteiger partial charge in [-0.05, 0) is 24.1 Å². The Balaban J connectivity index is 0.00000420. The van der Waals surface area contributed by atoms with Crippen LogP contribution in [-0.2, 0) is 11.3 Å². The minimum atomic E-state index is -2.88. The van der Waals surface area contributed by atoms with E-state index in [4.69, 9.17) is 9.47 Å². The summed E-state index contributed by atoms with van der Waals surface area (Å²) >= 11 is 0. The number of guanidine groups is 1. The summed E-state index contributed by atoms with van der Waals surface area (Å²) in [4.78, 5) is 6.58. The third kappa shape index (κ3) is 9.30. The Bertz CT molecular complexity index is 631. The number of hydrogen-bond acceptors (Lipinski definition) is 5. The Labute approximate surface area is 188 Å². The summed E-state index contributed by atoms with van der Waals surface area (Å²) in [5.41, 5.74) is 0.559. The lowest BCUT2D eigenvalue weighted by Crippen LogP contribution is -2.43. The molecule has 29 heavy (non-hydrogen) atoms. The van der Waals surface area contributed by atoms with Gasteiger partial charge in [0, 0.05) is 45.3 Å². The number of alkyl halides is 2. The molecule has 1 aromatic carbocycles. The predicted octanol–water partition coefficient (Wildman–Crippen LogP) is 2.55. The molecule has 0 radical (unpaired) electrons. The van der Waals surface area contributed by atoms with Crippen molar-refractivity contribution >= 4 is 29.9 Å². The molecule has 0 aliphatic carbocycles. The van der Waals surface area contributed by atoms with Gasteiger partial charge in [-0.2, -0.15) is 8.78 Å². The number of halogens is 3. The topological polar surface area (TPSA) is 67.4 Å². The van der Waals surface area contributed by atoms with Gasteiger partial charge in [-0.15, -0.1) is 24.0 Å². The molecule has 0 amide bonds. The predicted molar refractivity (Wildman–Crippen MR) is 120 cm³/mol. The molecule has 0 spiro atoms. The number of methoxy groups -OCH3 is 1. The van der Waals surface area contributed by atoms with Crippen molar-refractivity contribution in [2.75, 3.05) is 53.6 Å². The Morgan fingerprint density at radius 1 is 1.28 bits per heavy atom. The van der Waals surface area contributed by atoms with Crippen molar-refractivity contribution in [1.82, 2.24) is 15.5 Å². The van der Waals surface area contributed by atoms with Gasteiger partial charge in [-0.3, -0.25) is 9.89 Å². The van der Waals surface area contributed by atoms with Crippen molar-refractivity contribution < 1.29 is 23.0 Å². The lowest BCUT2D eigenvalue weighted by molar-refractivity contribution is -0.0505. The summed E-state index contributed by atoms with van der Waals surface area (Å²) in [6.07, 6.45) is 0. The first-order valence-corrected chi connectivity index (χ1v) is 9.38. The van der Waals surface area contributed by atoms with E-state index in [2.05, 4.69) is 32.2 Å². The van der Waals surface area contributed by atoms with Gasteiger partial charge in [-0.1, -0.05) is 6.92 Å². The van der Waals surface area contributed by atoms with E-state index in [0.717, 1.165) is 39.4 Å². The van der Waals surface area contributed by atoms with Crippen LogP contribution in [0, 0.1) is 5.92 Å². The van der Waals surface area contributed by atoms with Crippen LogP contribution in [0.1, 0.15) is 12.5 Å². The Morgan fingerprint density at radius 3 is 2.62 bits per heavy atom. The molecule has 2 N–H and O–H groups in total. The molecule has 7 nitrogen and oxygen atoms in total. The maximum Gasteiger partial charge on any atom is 0.387 e. The third-order valence-corrected chi connectivity index (χ3v) is 4.45. The number of aliphatic imine (C=N–C) groups is 1. The van der Waals surface area contributed by atoms with E-state index < -0.39 is 6.61 Å². The van der Waals surface area contributed by atoms with E-state index in [9.17, 15) is 8.78 Å². The number of hydrogen-bond donors (Lipinski definition) is 2. The van der Waals surface area contributed by atoms with Crippen molar-refractivity contribution in [3.05, 3.63) is 23.8 Å². The molecule has 1 fully saturated rings. The van der Waals surface area contributed by atoms with Crippen LogP contribution in [-0.4, -0.2) is 71.0 Å². The summed E-state index contributed by atoms with van der Waals surface area (Å²) in [6.45, 7) is 4.78. The molecule has 1 aliphatic heterocycles.